The number of amides is 1. The first kappa shape index (κ1) is 23.0. The van der Waals surface area contributed by atoms with E-state index in [0.717, 1.165) is 25.3 Å². The van der Waals surface area contributed by atoms with Crippen LogP contribution in [0.15, 0.2) is 35.3 Å². The summed E-state index contributed by atoms with van der Waals surface area (Å²) in [6, 6.07) is 11.2. The number of hydrogen-bond donors (Lipinski definition) is 3. The molecule has 0 radical (unpaired) electrons. The molecule has 2 aliphatic rings. The molecule has 0 unspecified atom stereocenters. The van der Waals surface area contributed by atoms with Crippen LogP contribution in [0.4, 0.5) is 0 Å². The van der Waals surface area contributed by atoms with E-state index in [-0.39, 0.29) is 35.3 Å². The van der Waals surface area contributed by atoms with Crippen LogP contribution >= 0.6 is 24.0 Å². The molecule has 3 N–H and O–H groups in total. The minimum atomic E-state index is 0. The van der Waals surface area contributed by atoms with E-state index in [1.165, 1.54) is 44.1 Å². The highest BCUT2D eigenvalue weighted by atomic mass is 127. The van der Waals surface area contributed by atoms with Gasteiger partial charge in [0, 0.05) is 38.0 Å². The highest BCUT2D eigenvalue weighted by Crippen LogP contribution is 2.40. The maximum atomic E-state index is 12.1. The number of nitrogens with one attached hydrogen (secondary N) is 3. The third-order valence-electron chi connectivity index (χ3n) is 6.13. The van der Waals surface area contributed by atoms with E-state index in [1.807, 2.05) is 0 Å². The quantitative estimate of drug-likeness (QED) is 0.305. The molecule has 5 nitrogen and oxygen atoms in total. The molecule has 1 amide bonds. The third kappa shape index (κ3) is 6.36. The highest BCUT2D eigenvalue weighted by molar-refractivity contribution is 14.0. The lowest BCUT2D eigenvalue weighted by Crippen LogP contribution is -2.45. The van der Waals surface area contributed by atoms with Gasteiger partial charge in [-0.2, -0.15) is 0 Å². The van der Waals surface area contributed by atoms with E-state index in [1.54, 1.807) is 7.05 Å². The number of benzene rings is 1. The minimum Gasteiger partial charge on any atom is -0.356 e. The molecule has 0 saturated heterocycles. The largest absolute Gasteiger partial charge is 0.356 e. The van der Waals surface area contributed by atoms with Crippen molar-refractivity contribution in [1.29, 1.82) is 0 Å². The summed E-state index contributed by atoms with van der Waals surface area (Å²) >= 11 is 0. The monoisotopic (exact) mass is 498 g/mol. The normalized spacial score (nSPS) is 19.1. The first-order chi connectivity index (χ1) is 13.2. The summed E-state index contributed by atoms with van der Waals surface area (Å²) in [6.07, 6.45) is 10.2. The standard InChI is InChI=1S/C22H34N4O.HI/c1-23-21(24-16-13-20(27)26-19-11-5-6-12-19)25-17-22(14-7-8-15-22)18-9-3-2-4-10-18;/h2-4,9-10,19H,5-8,11-17H2,1H3,(H,26,27)(H2,23,24,25);1H. The van der Waals surface area contributed by atoms with Crippen molar-refractivity contribution < 1.29 is 4.79 Å². The lowest BCUT2D eigenvalue weighted by atomic mass is 9.79. The Morgan fingerprint density at radius 1 is 1.07 bits per heavy atom. The van der Waals surface area contributed by atoms with Gasteiger partial charge in [-0.25, -0.2) is 0 Å². The van der Waals surface area contributed by atoms with Gasteiger partial charge in [-0.1, -0.05) is 56.0 Å². The Kier molecular flexibility index (Phi) is 9.55. The van der Waals surface area contributed by atoms with E-state index in [2.05, 4.69) is 51.3 Å². The van der Waals surface area contributed by atoms with Crippen LogP contribution in [-0.2, 0) is 10.2 Å². The zero-order chi connectivity index (χ0) is 19.0. The molecule has 0 bridgehead atoms. The molecular formula is C22H35IN4O. The first-order valence-corrected chi connectivity index (χ1v) is 10.5. The SMILES string of the molecule is CN=C(NCCC(=O)NC1CCCC1)NCC1(c2ccccc2)CCCC1.I. The fourth-order valence-corrected chi connectivity index (χ4v) is 4.55. The number of guanidine groups is 1. The molecule has 2 aliphatic carbocycles. The Bertz CT molecular complexity index is 623. The molecule has 0 heterocycles. The third-order valence-corrected chi connectivity index (χ3v) is 6.13. The second-order valence-corrected chi connectivity index (χ2v) is 8.00. The highest BCUT2D eigenvalue weighted by Gasteiger charge is 2.35. The van der Waals surface area contributed by atoms with Crippen molar-refractivity contribution >= 4 is 35.8 Å². The summed E-state index contributed by atoms with van der Waals surface area (Å²) in [6.45, 7) is 1.49. The first-order valence-electron chi connectivity index (χ1n) is 10.5. The average Bonchev–Trinajstić information content (AvgIpc) is 3.38. The van der Waals surface area contributed by atoms with Gasteiger partial charge in [0.25, 0.3) is 0 Å². The molecule has 3 rings (SSSR count). The summed E-state index contributed by atoms with van der Waals surface area (Å²) in [4.78, 5) is 16.4. The molecule has 0 atom stereocenters. The topological polar surface area (TPSA) is 65.5 Å². The number of nitrogens with zero attached hydrogens (tertiary/aromatic N) is 1. The van der Waals surface area contributed by atoms with Crippen molar-refractivity contribution in [2.75, 3.05) is 20.1 Å². The zero-order valence-electron chi connectivity index (χ0n) is 17.0. The fraction of sp³-hybridized carbons (Fsp3) is 0.636. The minimum absolute atomic E-state index is 0. The summed E-state index contributed by atoms with van der Waals surface area (Å²) in [5.74, 6) is 0.923. The molecule has 156 valence electrons. The molecular weight excluding hydrogens is 463 g/mol. The van der Waals surface area contributed by atoms with Crippen molar-refractivity contribution in [3.63, 3.8) is 0 Å². The summed E-state index contributed by atoms with van der Waals surface area (Å²) in [5.41, 5.74) is 1.61. The lowest BCUT2D eigenvalue weighted by molar-refractivity contribution is -0.121. The predicted octanol–water partition coefficient (Wildman–Crippen LogP) is 3.73. The molecule has 2 saturated carbocycles. The van der Waals surface area contributed by atoms with Crippen molar-refractivity contribution in [2.45, 2.75) is 69.2 Å². The number of carbonyl (C=O) groups is 1. The van der Waals surface area contributed by atoms with Crippen LogP contribution in [-0.4, -0.2) is 38.0 Å². The Hall–Kier alpha value is -1.31. The number of carbonyl (C=O) groups excluding carboxylic acids is 1. The molecule has 1 aromatic carbocycles. The van der Waals surface area contributed by atoms with E-state index in [9.17, 15) is 4.79 Å². The van der Waals surface area contributed by atoms with Gasteiger partial charge >= 0.3 is 0 Å². The van der Waals surface area contributed by atoms with Crippen molar-refractivity contribution in [2.24, 2.45) is 4.99 Å². The van der Waals surface area contributed by atoms with E-state index >= 15 is 0 Å². The van der Waals surface area contributed by atoms with Crippen LogP contribution in [0.5, 0.6) is 0 Å². The van der Waals surface area contributed by atoms with Gasteiger partial charge in [0.15, 0.2) is 5.96 Å². The molecule has 2 fully saturated rings. The summed E-state index contributed by atoms with van der Waals surface area (Å²) in [7, 11) is 1.79. The second-order valence-electron chi connectivity index (χ2n) is 8.00. The Morgan fingerprint density at radius 3 is 2.39 bits per heavy atom. The number of halogens is 1. The van der Waals surface area contributed by atoms with Crippen LogP contribution < -0.4 is 16.0 Å². The van der Waals surface area contributed by atoms with Gasteiger partial charge < -0.3 is 16.0 Å². The van der Waals surface area contributed by atoms with Gasteiger partial charge in [0.2, 0.25) is 5.91 Å². The van der Waals surface area contributed by atoms with Crippen LogP contribution in [0.3, 0.4) is 0 Å². The van der Waals surface area contributed by atoms with Gasteiger partial charge in [-0.15, -0.1) is 24.0 Å². The lowest BCUT2D eigenvalue weighted by Gasteiger charge is -2.30. The average molecular weight is 498 g/mol. The summed E-state index contributed by atoms with van der Waals surface area (Å²) in [5, 5.41) is 9.94. The van der Waals surface area contributed by atoms with E-state index < -0.39 is 0 Å². The Labute approximate surface area is 186 Å². The molecule has 0 aromatic heterocycles. The van der Waals surface area contributed by atoms with Crippen LogP contribution in [0, 0.1) is 0 Å². The Morgan fingerprint density at radius 2 is 1.75 bits per heavy atom. The van der Waals surface area contributed by atoms with Gasteiger partial charge in [0.1, 0.15) is 0 Å². The molecule has 0 aliphatic heterocycles. The predicted molar refractivity (Wildman–Crippen MR) is 126 cm³/mol. The molecule has 28 heavy (non-hydrogen) atoms. The Balaban J connectivity index is 0.00000280. The van der Waals surface area contributed by atoms with Crippen LogP contribution in [0.25, 0.3) is 0 Å². The number of aliphatic imine (C=N–C) groups is 1. The molecule has 1 aromatic rings. The smallest absolute Gasteiger partial charge is 0.221 e. The van der Waals surface area contributed by atoms with Crippen molar-refractivity contribution in [1.82, 2.24) is 16.0 Å². The fourth-order valence-electron chi connectivity index (χ4n) is 4.55. The van der Waals surface area contributed by atoms with Crippen molar-refractivity contribution in [3.05, 3.63) is 35.9 Å². The number of hydrogen-bond acceptors (Lipinski definition) is 2. The van der Waals surface area contributed by atoms with Gasteiger partial charge in [0.05, 0.1) is 0 Å². The van der Waals surface area contributed by atoms with E-state index in [0.29, 0.717) is 19.0 Å². The maximum Gasteiger partial charge on any atom is 0.221 e. The van der Waals surface area contributed by atoms with Gasteiger partial charge in [-0.05, 0) is 31.2 Å². The molecule has 0 spiro atoms. The van der Waals surface area contributed by atoms with E-state index in [4.69, 9.17) is 0 Å². The van der Waals surface area contributed by atoms with Crippen LogP contribution in [0.1, 0.15) is 63.4 Å². The number of rotatable bonds is 7. The second kappa shape index (κ2) is 11.6. The summed E-state index contributed by atoms with van der Waals surface area (Å²) < 4.78 is 0. The maximum absolute atomic E-state index is 12.1. The molecule has 6 heteroatoms. The van der Waals surface area contributed by atoms with Gasteiger partial charge in [-0.3, -0.25) is 9.79 Å². The zero-order valence-corrected chi connectivity index (χ0v) is 19.3. The van der Waals surface area contributed by atoms with Crippen molar-refractivity contribution in [3.8, 4) is 0 Å². The van der Waals surface area contributed by atoms with Crippen LogP contribution in [0.2, 0.25) is 0 Å².